The van der Waals surface area contributed by atoms with Crippen LogP contribution in [0.4, 0.5) is 13.2 Å². The van der Waals surface area contributed by atoms with E-state index in [1.165, 1.54) is 12.1 Å². The van der Waals surface area contributed by atoms with Gasteiger partial charge in [-0.3, -0.25) is 4.79 Å². The summed E-state index contributed by atoms with van der Waals surface area (Å²) in [5, 5.41) is 0. The average molecular weight is 244 g/mol. The van der Waals surface area contributed by atoms with E-state index in [0.29, 0.717) is 12.5 Å². The summed E-state index contributed by atoms with van der Waals surface area (Å²) in [4.78, 5) is 11.1. The zero-order chi connectivity index (χ0) is 12.5. The minimum atomic E-state index is -4.86. The van der Waals surface area contributed by atoms with Crippen LogP contribution in [0.25, 0.3) is 0 Å². The van der Waals surface area contributed by atoms with E-state index >= 15 is 0 Å². The Labute approximate surface area is 96.4 Å². The molecule has 0 spiro atoms. The maximum atomic E-state index is 12.3. The predicted molar refractivity (Wildman–Crippen MR) is 55.0 cm³/mol. The molecule has 1 aromatic carbocycles. The minimum absolute atomic E-state index is 0.0155. The molecule has 0 amide bonds. The topological polar surface area (TPSA) is 26.3 Å². The normalized spacial score (nSPS) is 15.7. The highest BCUT2D eigenvalue weighted by molar-refractivity contribution is 6.02. The highest BCUT2D eigenvalue weighted by Crippen LogP contribution is 2.32. The van der Waals surface area contributed by atoms with Gasteiger partial charge in [-0.1, -0.05) is 12.1 Å². The highest BCUT2D eigenvalue weighted by Gasteiger charge is 2.40. The van der Waals surface area contributed by atoms with Crippen LogP contribution in [0.5, 0.6) is 5.75 Å². The number of hydrogen-bond acceptors (Lipinski definition) is 2. The van der Waals surface area contributed by atoms with Crippen molar-refractivity contribution in [3.8, 4) is 5.75 Å². The molecule has 0 bridgehead atoms. The smallest absolute Gasteiger partial charge is 0.455 e. The molecule has 0 heterocycles. The average Bonchev–Trinajstić information content (AvgIpc) is 3.08. The van der Waals surface area contributed by atoms with Crippen LogP contribution in [0.1, 0.15) is 23.2 Å². The van der Waals surface area contributed by atoms with E-state index in [2.05, 4.69) is 0 Å². The predicted octanol–water partition coefficient (Wildman–Crippen LogP) is 3.22. The SMILES string of the molecule is O=C(c1ccccc1OCC1CC1)C(F)(F)F. The Kier molecular flexibility index (Phi) is 3.09. The third-order valence-corrected chi connectivity index (χ3v) is 2.56. The molecule has 1 saturated carbocycles. The largest absolute Gasteiger partial charge is 0.493 e. The van der Waals surface area contributed by atoms with Gasteiger partial charge in [-0.05, 0) is 30.9 Å². The summed E-state index contributed by atoms with van der Waals surface area (Å²) in [6.07, 6.45) is -2.79. The number of Topliss-reactive ketones (excluding diaryl/α,β-unsaturated/α-hetero) is 1. The Morgan fingerprint density at radius 3 is 2.53 bits per heavy atom. The lowest BCUT2D eigenvalue weighted by atomic mass is 10.1. The first-order valence-corrected chi connectivity index (χ1v) is 5.32. The van der Waals surface area contributed by atoms with Gasteiger partial charge >= 0.3 is 6.18 Å². The number of halogens is 3. The molecule has 2 rings (SSSR count). The zero-order valence-corrected chi connectivity index (χ0v) is 8.96. The van der Waals surface area contributed by atoms with Gasteiger partial charge in [-0.2, -0.15) is 13.2 Å². The number of carbonyl (C=O) groups excluding carboxylic acids is 1. The first-order chi connectivity index (χ1) is 7.98. The minimum Gasteiger partial charge on any atom is -0.493 e. The second kappa shape index (κ2) is 4.39. The van der Waals surface area contributed by atoms with Gasteiger partial charge in [0, 0.05) is 0 Å². The molecular formula is C12H11F3O2. The number of benzene rings is 1. The van der Waals surface area contributed by atoms with Gasteiger partial charge in [-0.15, -0.1) is 0 Å². The summed E-state index contributed by atoms with van der Waals surface area (Å²) in [7, 11) is 0. The third-order valence-electron chi connectivity index (χ3n) is 2.56. The number of ketones is 1. The molecule has 5 heteroatoms. The van der Waals surface area contributed by atoms with Crippen LogP contribution < -0.4 is 4.74 Å². The Morgan fingerprint density at radius 1 is 1.29 bits per heavy atom. The van der Waals surface area contributed by atoms with E-state index in [4.69, 9.17) is 4.74 Å². The van der Waals surface area contributed by atoms with Crippen molar-refractivity contribution in [2.75, 3.05) is 6.61 Å². The number of alkyl halides is 3. The van der Waals surface area contributed by atoms with Gasteiger partial charge in [0.25, 0.3) is 5.78 Å². The molecule has 0 saturated heterocycles. The number of ether oxygens (including phenoxy) is 1. The van der Waals surface area contributed by atoms with E-state index < -0.39 is 17.5 Å². The summed E-state index contributed by atoms with van der Waals surface area (Å²) < 4.78 is 42.2. The lowest BCUT2D eigenvalue weighted by Gasteiger charge is -2.11. The van der Waals surface area contributed by atoms with Crippen LogP contribution in [-0.4, -0.2) is 18.6 Å². The molecule has 1 fully saturated rings. The van der Waals surface area contributed by atoms with Gasteiger partial charge in [-0.25, -0.2) is 0 Å². The summed E-state index contributed by atoms with van der Waals surface area (Å²) in [6.45, 7) is 0.377. The fourth-order valence-electron chi connectivity index (χ4n) is 1.42. The molecule has 0 radical (unpaired) electrons. The van der Waals surface area contributed by atoms with Crippen molar-refractivity contribution in [1.29, 1.82) is 0 Å². The van der Waals surface area contributed by atoms with E-state index in [0.717, 1.165) is 18.9 Å². The summed E-state index contributed by atoms with van der Waals surface area (Å²) >= 11 is 0. The zero-order valence-electron chi connectivity index (χ0n) is 8.96. The van der Waals surface area contributed by atoms with Crippen LogP contribution in [0.15, 0.2) is 24.3 Å². The number of carbonyl (C=O) groups is 1. The van der Waals surface area contributed by atoms with Crippen LogP contribution in [0.3, 0.4) is 0 Å². The van der Waals surface area contributed by atoms with Crippen LogP contribution in [0.2, 0.25) is 0 Å². The highest BCUT2D eigenvalue weighted by atomic mass is 19.4. The molecule has 0 aromatic heterocycles. The van der Waals surface area contributed by atoms with Gasteiger partial charge in [0.15, 0.2) is 0 Å². The van der Waals surface area contributed by atoms with E-state index in [1.54, 1.807) is 6.07 Å². The molecule has 1 aromatic rings. The van der Waals surface area contributed by atoms with Gasteiger partial charge in [0.2, 0.25) is 0 Å². The summed E-state index contributed by atoms with van der Waals surface area (Å²) in [6, 6.07) is 5.47. The molecule has 0 atom stereocenters. The number of rotatable bonds is 4. The Balaban J connectivity index is 2.17. The molecule has 0 unspecified atom stereocenters. The lowest BCUT2D eigenvalue weighted by molar-refractivity contribution is -0.0886. The van der Waals surface area contributed by atoms with Gasteiger partial charge in [0.1, 0.15) is 5.75 Å². The lowest BCUT2D eigenvalue weighted by Crippen LogP contribution is -2.23. The van der Waals surface area contributed by atoms with E-state index in [9.17, 15) is 18.0 Å². The molecule has 1 aliphatic carbocycles. The molecule has 92 valence electrons. The van der Waals surface area contributed by atoms with E-state index in [1.807, 2.05) is 0 Å². The van der Waals surface area contributed by atoms with Crippen molar-refractivity contribution in [2.45, 2.75) is 19.0 Å². The third kappa shape index (κ3) is 2.99. The van der Waals surface area contributed by atoms with Crippen LogP contribution in [-0.2, 0) is 0 Å². The molecular weight excluding hydrogens is 233 g/mol. The summed E-state index contributed by atoms with van der Waals surface area (Å²) in [5.41, 5.74) is -0.416. The maximum absolute atomic E-state index is 12.3. The Hall–Kier alpha value is -1.52. The quantitative estimate of drug-likeness (QED) is 0.760. The summed E-state index contributed by atoms with van der Waals surface area (Å²) in [5.74, 6) is -1.42. The first kappa shape index (κ1) is 12.0. The van der Waals surface area contributed by atoms with Crippen molar-refractivity contribution in [1.82, 2.24) is 0 Å². The second-order valence-electron chi connectivity index (χ2n) is 4.08. The standard InChI is InChI=1S/C12H11F3O2/c13-12(14,15)11(16)9-3-1-2-4-10(9)17-7-8-5-6-8/h1-4,8H,5-7H2. The molecule has 0 N–H and O–H groups in total. The molecule has 17 heavy (non-hydrogen) atoms. The molecule has 1 aliphatic rings. The number of para-hydroxylation sites is 1. The van der Waals surface area contributed by atoms with Crippen LogP contribution in [0, 0.1) is 5.92 Å². The maximum Gasteiger partial charge on any atom is 0.455 e. The van der Waals surface area contributed by atoms with Crippen molar-refractivity contribution >= 4 is 5.78 Å². The first-order valence-electron chi connectivity index (χ1n) is 5.32. The Morgan fingerprint density at radius 2 is 1.94 bits per heavy atom. The van der Waals surface area contributed by atoms with E-state index in [-0.39, 0.29) is 5.75 Å². The fraction of sp³-hybridized carbons (Fsp3) is 0.417. The second-order valence-corrected chi connectivity index (χ2v) is 4.08. The van der Waals surface area contributed by atoms with Gasteiger partial charge < -0.3 is 4.74 Å². The number of hydrogen-bond donors (Lipinski definition) is 0. The monoisotopic (exact) mass is 244 g/mol. The Bertz CT molecular complexity index is 422. The van der Waals surface area contributed by atoms with Gasteiger partial charge in [0.05, 0.1) is 12.2 Å². The van der Waals surface area contributed by atoms with Crippen LogP contribution >= 0.6 is 0 Å². The van der Waals surface area contributed by atoms with Crippen molar-refractivity contribution in [2.24, 2.45) is 5.92 Å². The van der Waals surface area contributed by atoms with Crippen molar-refractivity contribution in [3.05, 3.63) is 29.8 Å². The van der Waals surface area contributed by atoms with Crippen molar-refractivity contribution < 1.29 is 22.7 Å². The molecule has 2 nitrogen and oxygen atoms in total. The fourth-order valence-corrected chi connectivity index (χ4v) is 1.42. The molecule has 0 aliphatic heterocycles. The van der Waals surface area contributed by atoms with Crippen molar-refractivity contribution in [3.63, 3.8) is 0 Å².